The average Bonchev–Trinajstić information content (AvgIpc) is 1.96. The second kappa shape index (κ2) is 3.79. The maximum atomic E-state index is 12.9. The number of hydrogen-bond acceptors (Lipinski definition) is 1. The minimum absolute atomic E-state index is 0.0718. The average molecular weight is 215 g/mol. The van der Waals surface area contributed by atoms with Gasteiger partial charge in [-0.25, -0.2) is 4.39 Å². The first-order valence-corrected chi connectivity index (χ1v) is 4.54. The largest absolute Gasteiger partial charge is 0.481 e. The lowest BCUT2D eigenvalue weighted by Gasteiger charge is -2.29. The lowest BCUT2D eigenvalue weighted by atomic mass is 9.87. The second-order valence-electron chi connectivity index (χ2n) is 2.96. The summed E-state index contributed by atoms with van der Waals surface area (Å²) in [6.07, 6.45) is -1.10. The van der Waals surface area contributed by atoms with E-state index in [1.54, 1.807) is 0 Å². The molecule has 0 aromatic rings. The third kappa shape index (κ3) is 2.02. The molecule has 5 heteroatoms. The Morgan fingerprint density at radius 2 is 1.92 bits per heavy atom. The summed E-state index contributed by atoms with van der Waals surface area (Å²) in [5, 5.41) is 7.44. The summed E-state index contributed by atoms with van der Waals surface area (Å²) in [7, 11) is 0. The third-order valence-electron chi connectivity index (χ3n) is 2.08. The Bertz CT molecular complexity index is 188. The maximum Gasteiger partial charge on any atom is 0.308 e. The van der Waals surface area contributed by atoms with Crippen molar-refractivity contribution in [3.63, 3.8) is 0 Å². The predicted molar refractivity (Wildman–Crippen MR) is 44.5 cm³/mol. The van der Waals surface area contributed by atoms with Gasteiger partial charge in [-0.1, -0.05) is 0 Å². The Morgan fingerprint density at radius 3 is 2.42 bits per heavy atom. The SMILES string of the molecule is O=C(O)C1CC(F)C(Cl)CC1Cl. The van der Waals surface area contributed by atoms with Gasteiger partial charge in [0.05, 0.1) is 11.3 Å². The summed E-state index contributed by atoms with van der Waals surface area (Å²) in [6, 6.07) is 0. The zero-order chi connectivity index (χ0) is 9.30. The molecule has 0 heterocycles. The van der Waals surface area contributed by atoms with Gasteiger partial charge < -0.3 is 5.11 Å². The maximum absolute atomic E-state index is 12.9. The smallest absolute Gasteiger partial charge is 0.308 e. The fourth-order valence-corrected chi connectivity index (χ4v) is 2.11. The van der Waals surface area contributed by atoms with Gasteiger partial charge in [0.1, 0.15) is 6.17 Å². The lowest BCUT2D eigenvalue weighted by Crippen LogP contribution is -2.38. The van der Waals surface area contributed by atoms with Crippen LogP contribution in [0.5, 0.6) is 0 Å². The Balaban J connectivity index is 2.61. The van der Waals surface area contributed by atoms with Crippen LogP contribution in [0.2, 0.25) is 0 Å². The van der Waals surface area contributed by atoms with Crippen LogP contribution in [0, 0.1) is 5.92 Å². The highest BCUT2D eigenvalue weighted by Crippen LogP contribution is 2.33. The molecule has 0 spiro atoms. The molecular formula is C7H9Cl2FO2. The van der Waals surface area contributed by atoms with E-state index in [1.807, 2.05) is 0 Å². The van der Waals surface area contributed by atoms with Crippen LogP contribution < -0.4 is 0 Å². The number of alkyl halides is 3. The topological polar surface area (TPSA) is 37.3 Å². The Labute approximate surface area is 79.7 Å². The van der Waals surface area contributed by atoms with Gasteiger partial charge >= 0.3 is 5.97 Å². The summed E-state index contributed by atoms with van der Waals surface area (Å²) in [5.41, 5.74) is 0. The fourth-order valence-electron chi connectivity index (χ4n) is 1.32. The molecular weight excluding hydrogens is 206 g/mol. The van der Waals surface area contributed by atoms with E-state index in [2.05, 4.69) is 0 Å². The van der Waals surface area contributed by atoms with Crippen molar-refractivity contribution in [1.82, 2.24) is 0 Å². The van der Waals surface area contributed by atoms with Gasteiger partial charge in [0, 0.05) is 5.38 Å². The normalized spacial score (nSPS) is 42.6. The molecule has 0 aromatic heterocycles. The van der Waals surface area contributed by atoms with Gasteiger partial charge in [-0.2, -0.15) is 0 Å². The predicted octanol–water partition coefficient (Wildman–Crippen LogP) is 2.03. The molecule has 1 aliphatic rings. The molecule has 1 saturated carbocycles. The van der Waals surface area contributed by atoms with Crippen LogP contribution in [0.3, 0.4) is 0 Å². The van der Waals surface area contributed by atoms with Gasteiger partial charge in [-0.05, 0) is 12.8 Å². The van der Waals surface area contributed by atoms with Gasteiger partial charge in [0.2, 0.25) is 0 Å². The first kappa shape index (κ1) is 10.1. The highest BCUT2D eigenvalue weighted by Gasteiger charge is 2.39. The van der Waals surface area contributed by atoms with Crippen molar-refractivity contribution in [2.24, 2.45) is 5.92 Å². The minimum atomic E-state index is -1.25. The number of carboxylic acids is 1. The number of carbonyl (C=O) groups is 1. The standard InChI is InChI=1S/C7H9Cl2FO2/c8-4-2-5(9)6(10)1-3(4)7(11)12/h3-6H,1-2H2,(H,11,12). The monoisotopic (exact) mass is 214 g/mol. The summed E-state index contributed by atoms with van der Waals surface area (Å²) in [5.74, 6) is -1.84. The van der Waals surface area contributed by atoms with Gasteiger partial charge in [-0.3, -0.25) is 4.79 Å². The summed E-state index contributed by atoms with van der Waals surface area (Å²) < 4.78 is 12.9. The van der Waals surface area contributed by atoms with E-state index >= 15 is 0 Å². The summed E-state index contributed by atoms with van der Waals surface area (Å²) >= 11 is 11.3. The van der Waals surface area contributed by atoms with Gasteiger partial charge in [-0.15, -0.1) is 23.2 Å². The summed E-state index contributed by atoms with van der Waals surface area (Å²) in [6.45, 7) is 0. The third-order valence-corrected chi connectivity index (χ3v) is 3.01. The number of rotatable bonds is 1. The molecule has 4 unspecified atom stereocenters. The Kier molecular flexibility index (Phi) is 3.18. The number of hydrogen-bond donors (Lipinski definition) is 1. The molecule has 0 aliphatic heterocycles. The van der Waals surface area contributed by atoms with Crippen LogP contribution in [-0.4, -0.2) is 28.0 Å². The molecule has 1 N–H and O–H groups in total. The zero-order valence-corrected chi connectivity index (χ0v) is 7.72. The molecule has 70 valence electrons. The van der Waals surface area contributed by atoms with Gasteiger partial charge in [0.15, 0.2) is 0 Å². The Morgan fingerprint density at radius 1 is 1.33 bits per heavy atom. The molecule has 1 aliphatic carbocycles. The molecule has 1 fully saturated rings. The van der Waals surface area contributed by atoms with E-state index in [1.165, 1.54) is 0 Å². The van der Waals surface area contributed by atoms with Crippen LogP contribution in [0.25, 0.3) is 0 Å². The van der Waals surface area contributed by atoms with E-state index in [0.717, 1.165) is 0 Å². The summed E-state index contributed by atoms with van der Waals surface area (Å²) in [4.78, 5) is 10.5. The second-order valence-corrected chi connectivity index (χ2v) is 4.09. The van der Waals surface area contributed by atoms with E-state index in [4.69, 9.17) is 28.3 Å². The molecule has 12 heavy (non-hydrogen) atoms. The molecule has 2 nitrogen and oxygen atoms in total. The van der Waals surface area contributed by atoms with Crippen molar-refractivity contribution >= 4 is 29.2 Å². The molecule has 0 amide bonds. The van der Waals surface area contributed by atoms with Crippen molar-refractivity contribution in [2.75, 3.05) is 0 Å². The van der Waals surface area contributed by atoms with Crippen molar-refractivity contribution in [2.45, 2.75) is 29.8 Å². The van der Waals surface area contributed by atoms with Crippen LogP contribution >= 0.6 is 23.2 Å². The van der Waals surface area contributed by atoms with E-state index < -0.39 is 28.8 Å². The minimum Gasteiger partial charge on any atom is -0.481 e. The van der Waals surface area contributed by atoms with Crippen LogP contribution in [0.4, 0.5) is 4.39 Å². The van der Waals surface area contributed by atoms with E-state index in [9.17, 15) is 9.18 Å². The van der Waals surface area contributed by atoms with Crippen LogP contribution in [0.1, 0.15) is 12.8 Å². The highest BCUT2D eigenvalue weighted by atomic mass is 35.5. The molecule has 1 rings (SSSR count). The highest BCUT2D eigenvalue weighted by molar-refractivity contribution is 6.25. The number of halogens is 3. The van der Waals surface area contributed by atoms with E-state index in [0.29, 0.717) is 0 Å². The fraction of sp³-hybridized carbons (Fsp3) is 0.857. The van der Waals surface area contributed by atoms with E-state index in [-0.39, 0.29) is 12.8 Å². The van der Waals surface area contributed by atoms with Crippen LogP contribution in [-0.2, 0) is 4.79 Å². The first-order valence-electron chi connectivity index (χ1n) is 3.67. The molecule has 4 atom stereocenters. The number of aliphatic carboxylic acids is 1. The van der Waals surface area contributed by atoms with Crippen molar-refractivity contribution in [3.8, 4) is 0 Å². The zero-order valence-electron chi connectivity index (χ0n) is 6.21. The van der Waals surface area contributed by atoms with Crippen molar-refractivity contribution in [1.29, 1.82) is 0 Å². The molecule has 0 radical (unpaired) electrons. The van der Waals surface area contributed by atoms with Gasteiger partial charge in [0.25, 0.3) is 0 Å². The molecule has 0 bridgehead atoms. The van der Waals surface area contributed by atoms with Crippen molar-refractivity contribution in [3.05, 3.63) is 0 Å². The van der Waals surface area contributed by atoms with Crippen LogP contribution in [0.15, 0.2) is 0 Å². The first-order chi connectivity index (χ1) is 5.52. The molecule has 0 aromatic carbocycles. The lowest BCUT2D eigenvalue weighted by molar-refractivity contribution is -0.143. The Hall–Kier alpha value is -0.0200. The molecule has 0 saturated heterocycles. The quantitative estimate of drug-likeness (QED) is 0.679. The van der Waals surface area contributed by atoms with Crippen molar-refractivity contribution < 1.29 is 14.3 Å². The number of carboxylic acid groups (broad SMARTS) is 1.